The van der Waals surface area contributed by atoms with Crippen molar-refractivity contribution in [3.63, 3.8) is 0 Å². The van der Waals surface area contributed by atoms with Crippen LogP contribution in [0.2, 0.25) is 0 Å². The van der Waals surface area contributed by atoms with Crippen molar-refractivity contribution in [2.45, 2.75) is 32.3 Å². The Morgan fingerprint density at radius 1 is 1.35 bits per heavy atom. The minimum atomic E-state index is -0.299. The van der Waals surface area contributed by atoms with Gasteiger partial charge in [-0.2, -0.15) is 0 Å². The Balaban J connectivity index is 1.55. The van der Waals surface area contributed by atoms with E-state index in [2.05, 4.69) is 20.6 Å². The third-order valence-corrected chi connectivity index (χ3v) is 4.24. The summed E-state index contributed by atoms with van der Waals surface area (Å²) < 4.78 is 19.2. The highest BCUT2D eigenvalue weighted by molar-refractivity contribution is 5.92. The predicted molar refractivity (Wildman–Crippen MR) is 96.7 cm³/mol. The van der Waals surface area contributed by atoms with E-state index >= 15 is 0 Å². The molecular formula is C19H23FN4O2. The van der Waals surface area contributed by atoms with Gasteiger partial charge in [-0.15, -0.1) is 0 Å². The molecule has 1 amide bonds. The van der Waals surface area contributed by atoms with Gasteiger partial charge in [0.1, 0.15) is 23.2 Å². The molecule has 138 valence electrons. The lowest BCUT2D eigenvalue weighted by atomic mass is 10.1. The first-order valence-electron chi connectivity index (χ1n) is 8.84. The van der Waals surface area contributed by atoms with Gasteiger partial charge in [0.05, 0.1) is 6.10 Å². The van der Waals surface area contributed by atoms with Crippen molar-refractivity contribution in [3.05, 3.63) is 53.2 Å². The van der Waals surface area contributed by atoms with Crippen molar-refractivity contribution >= 4 is 11.7 Å². The van der Waals surface area contributed by atoms with Crippen LogP contribution in [0.25, 0.3) is 0 Å². The van der Waals surface area contributed by atoms with E-state index in [0.29, 0.717) is 42.4 Å². The average Bonchev–Trinajstić information content (AvgIpc) is 3.14. The van der Waals surface area contributed by atoms with Crippen molar-refractivity contribution in [3.8, 4) is 0 Å². The number of carbonyl (C=O) groups is 1. The van der Waals surface area contributed by atoms with Crippen LogP contribution in [0.15, 0.2) is 30.3 Å². The highest BCUT2D eigenvalue weighted by Gasteiger charge is 2.16. The number of nitrogens with one attached hydrogen (secondary N) is 2. The van der Waals surface area contributed by atoms with Crippen LogP contribution < -0.4 is 10.6 Å². The van der Waals surface area contributed by atoms with Gasteiger partial charge in [0.25, 0.3) is 5.91 Å². The van der Waals surface area contributed by atoms with Gasteiger partial charge in [-0.05, 0) is 37.8 Å². The number of rotatable bonds is 7. The number of hydrogen-bond acceptors (Lipinski definition) is 5. The predicted octanol–water partition coefficient (Wildman–Crippen LogP) is 2.49. The van der Waals surface area contributed by atoms with E-state index in [-0.39, 0.29) is 17.8 Å². The fraction of sp³-hybridized carbons (Fsp3) is 0.421. The van der Waals surface area contributed by atoms with E-state index < -0.39 is 0 Å². The molecule has 26 heavy (non-hydrogen) atoms. The zero-order valence-electron chi connectivity index (χ0n) is 14.8. The molecule has 1 atom stereocenters. The molecule has 2 N–H and O–H groups in total. The molecule has 6 nitrogen and oxygen atoms in total. The summed E-state index contributed by atoms with van der Waals surface area (Å²) >= 11 is 0. The summed E-state index contributed by atoms with van der Waals surface area (Å²) in [4.78, 5) is 20.8. The van der Waals surface area contributed by atoms with Gasteiger partial charge in [0, 0.05) is 25.8 Å². The lowest BCUT2D eigenvalue weighted by Gasteiger charge is -2.12. The lowest BCUT2D eigenvalue weighted by molar-refractivity contribution is 0.0948. The Morgan fingerprint density at radius 2 is 2.19 bits per heavy atom. The van der Waals surface area contributed by atoms with Crippen molar-refractivity contribution in [1.82, 2.24) is 15.3 Å². The van der Waals surface area contributed by atoms with E-state index in [1.807, 2.05) is 0 Å². The molecule has 1 aromatic heterocycles. The molecule has 3 rings (SSSR count). The van der Waals surface area contributed by atoms with Crippen LogP contribution in [0, 0.1) is 12.7 Å². The molecule has 1 aromatic carbocycles. The summed E-state index contributed by atoms with van der Waals surface area (Å²) in [5.74, 6) is 0.557. The Labute approximate surface area is 152 Å². The monoisotopic (exact) mass is 358 g/mol. The number of nitrogens with zero attached hydrogens (tertiary/aromatic N) is 2. The van der Waals surface area contributed by atoms with Crippen molar-refractivity contribution < 1.29 is 13.9 Å². The molecule has 2 aromatic rings. The molecule has 0 bridgehead atoms. The van der Waals surface area contributed by atoms with E-state index in [1.165, 1.54) is 6.07 Å². The molecule has 0 saturated carbocycles. The number of aryl methyl sites for hydroxylation is 1. The molecule has 1 saturated heterocycles. The number of benzene rings is 1. The van der Waals surface area contributed by atoms with Crippen LogP contribution in [-0.2, 0) is 11.2 Å². The van der Waals surface area contributed by atoms with E-state index in [0.717, 1.165) is 19.4 Å². The number of ether oxygens (including phenoxy) is 1. The van der Waals surface area contributed by atoms with E-state index in [4.69, 9.17) is 4.74 Å². The normalized spacial score (nSPS) is 16.5. The molecule has 0 aliphatic carbocycles. The zero-order valence-corrected chi connectivity index (χ0v) is 14.8. The van der Waals surface area contributed by atoms with Gasteiger partial charge in [-0.3, -0.25) is 4.79 Å². The Hall–Kier alpha value is -2.54. The summed E-state index contributed by atoms with van der Waals surface area (Å²) in [5, 5.41) is 5.98. The van der Waals surface area contributed by atoms with Crippen LogP contribution in [0.1, 0.15) is 34.7 Å². The molecule has 1 fully saturated rings. The van der Waals surface area contributed by atoms with E-state index in [1.54, 1.807) is 31.2 Å². The Bertz CT molecular complexity index is 763. The summed E-state index contributed by atoms with van der Waals surface area (Å²) in [5.41, 5.74) is 0.867. The smallest absolute Gasteiger partial charge is 0.270 e. The molecule has 0 spiro atoms. The van der Waals surface area contributed by atoms with Crippen LogP contribution in [0.3, 0.4) is 0 Å². The van der Waals surface area contributed by atoms with Gasteiger partial charge < -0.3 is 15.4 Å². The molecule has 1 aliphatic rings. The SMILES string of the molecule is Cc1nc(NCC2CCCO2)cc(C(=O)NCCc2ccccc2F)n1. The second-order valence-electron chi connectivity index (χ2n) is 6.30. The fourth-order valence-corrected chi connectivity index (χ4v) is 2.90. The van der Waals surface area contributed by atoms with E-state index in [9.17, 15) is 9.18 Å². The zero-order chi connectivity index (χ0) is 18.4. The minimum Gasteiger partial charge on any atom is -0.376 e. The van der Waals surface area contributed by atoms with Crippen molar-refractivity contribution in [1.29, 1.82) is 0 Å². The van der Waals surface area contributed by atoms with Gasteiger partial charge in [0.15, 0.2) is 0 Å². The van der Waals surface area contributed by atoms with Crippen molar-refractivity contribution in [2.24, 2.45) is 0 Å². The summed E-state index contributed by atoms with van der Waals surface area (Å²) in [7, 11) is 0. The topological polar surface area (TPSA) is 76.1 Å². The summed E-state index contributed by atoms with van der Waals surface area (Å²) in [6.45, 7) is 3.53. The Kier molecular flexibility index (Phi) is 6.12. The molecule has 0 radical (unpaired) electrons. The minimum absolute atomic E-state index is 0.184. The number of carbonyl (C=O) groups excluding carboxylic acids is 1. The number of aromatic nitrogens is 2. The third-order valence-electron chi connectivity index (χ3n) is 4.24. The fourth-order valence-electron chi connectivity index (χ4n) is 2.90. The first kappa shape index (κ1) is 18.3. The van der Waals surface area contributed by atoms with Crippen LogP contribution >= 0.6 is 0 Å². The van der Waals surface area contributed by atoms with Gasteiger partial charge in [-0.1, -0.05) is 18.2 Å². The van der Waals surface area contributed by atoms with Gasteiger partial charge in [0.2, 0.25) is 0 Å². The molecular weight excluding hydrogens is 335 g/mol. The highest BCUT2D eigenvalue weighted by atomic mass is 19.1. The van der Waals surface area contributed by atoms with Crippen LogP contribution in [0.4, 0.5) is 10.2 Å². The second kappa shape index (κ2) is 8.71. The van der Waals surface area contributed by atoms with Crippen molar-refractivity contribution in [2.75, 3.05) is 25.0 Å². The Morgan fingerprint density at radius 3 is 2.96 bits per heavy atom. The largest absolute Gasteiger partial charge is 0.376 e. The number of amides is 1. The second-order valence-corrected chi connectivity index (χ2v) is 6.30. The standard InChI is InChI=1S/C19H23FN4O2/c1-13-23-17(11-18(24-13)22-12-15-6-4-10-26-15)19(25)21-9-8-14-5-2-3-7-16(14)20/h2-3,5,7,11,15H,4,6,8-10,12H2,1H3,(H,21,25)(H,22,23,24). The number of anilines is 1. The molecule has 1 aliphatic heterocycles. The molecule has 7 heteroatoms. The van der Waals surface area contributed by atoms with Crippen LogP contribution in [-0.4, -0.2) is 41.7 Å². The number of halogens is 1. The number of hydrogen-bond donors (Lipinski definition) is 2. The highest BCUT2D eigenvalue weighted by Crippen LogP contribution is 2.14. The quantitative estimate of drug-likeness (QED) is 0.795. The summed E-state index contributed by atoms with van der Waals surface area (Å²) in [6.07, 6.45) is 2.71. The average molecular weight is 358 g/mol. The maximum atomic E-state index is 13.6. The third kappa shape index (κ3) is 4.98. The molecule has 1 unspecified atom stereocenters. The van der Waals surface area contributed by atoms with Gasteiger partial charge >= 0.3 is 0 Å². The first-order chi connectivity index (χ1) is 12.6. The maximum Gasteiger partial charge on any atom is 0.270 e. The first-order valence-corrected chi connectivity index (χ1v) is 8.84. The van der Waals surface area contributed by atoms with Crippen LogP contribution in [0.5, 0.6) is 0 Å². The maximum absolute atomic E-state index is 13.6. The van der Waals surface area contributed by atoms with Gasteiger partial charge in [-0.25, -0.2) is 14.4 Å². The molecule has 2 heterocycles. The summed E-state index contributed by atoms with van der Waals surface area (Å²) in [6, 6.07) is 8.17. The lowest BCUT2D eigenvalue weighted by Crippen LogP contribution is -2.27.